The number of methoxy groups -OCH3 is 1. The van der Waals surface area contributed by atoms with Gasteiger partial charge in [-0.25, -0.2) is 0 Å². The topological polar surface area (TPSA) is 41.6 Å². The second kappa shape index (κ2) is 11.0. The molecule has 0 aromatic rings. The van der Waals surface area contributed by atoms with Crippen molar-refractivity contribution in [3.05, 3.63) is 0 Å². The van der Waals surface area contributed by atoms with Gasteiger partial charge in [0.25, 0.3) is 0 Å². The molecule has 0 saturated carbocycles. The molecule has 0 amide bonds. The number of carbonyl (C=O) groups is 1. The minimum Gasteiger partial charge on any atom is -0.468 e. The van der Waals surface area contributed by atoms with E-state index >= 15 is 0 Å². The van der Waals surface area contributed by atoms with Crippen LogP contribution in [0.1, 0.15) is 59.8 Å². The summed E-state index contributed by atoms with van der Waals surface area (Å²) in [4.78, 5) is 14.3. The number of carbonyl (C=O) groups excluding carboxylic acids is 1. The third-order valence-corrected chi connectivity index (χ3v) is 4.71. The summed E-state index contributed by atoms with van der Waals surface area (Å²) in [7, 11) is 3.27. The van der Waals surface area contributed by atoms with Crippen LogP contribution in [0, 0.1) is 5.92 Å². The summed E-state index contributed by atoms with van der Waals surface area (Å²) in [6.07, 6.45) is 5.49. The number of hydrogen-bond acceptors (Lipinski definition) is 4. The normalized spacial score (nSPS) is 14.5. The van der Waals surface area contributed by atoms with Crippen molar-refractivity contribution in [1.29, 1.82) is 0 Å². The van der Waals surface area contributed by atoms with E-state index < -0.39 is 5.54 Å². The van der Waals surface area contributed by atoms with E-state index in [2.05, 4.69) is 31.0 Å². The molecule has 4 nitrogen and oxygen atoms in total. The smallest absolute Gasteiger partial charge is 0.325 e. The molecule has 21 heavy (non-hydrogen) atoms. The monoisotopic (exact) mass is 300 g/mol. The van der Waals surface area contributed by atoms with E-state index in [0.717, 1.165) is 38.3 Å². The van der Waals surface area contributed by atoms with Gasteiger partial charge in [-0.15, -0.1) is 0 Å². The highest BCUT2D eigenvalue weighted by Gasteiger charge is 2.31. The Kier molecular flexibility index (Phi) is 10.7. The molecule has 1 N–H and O–H groups in total. The van der Waals surface area contributed by atoms with Gasteiger partial charge in [0.2, 0.25) is 0 Å². The van der Waals surface area contributed by atoms with Crippen LogP contribution >= 0.6 is 0 Å². The van der Waals surface area contributed by atoms with Crippen LogP contribution in [-0.2, 0) is 9.53 Å². The van der Waals surface area contributed by atoms with Gasteiger partial charge in [0, 0.05) is 6.54 Å². The van der Waals surface area contributed by atoms with Crippen molar-refractivity contribution in [2.45, 2.75) is 65.3 Å². The number of hydrogen-bond donors (Lipinski definition) is 1. The largest absolute Gasteiger partial charge is 0.468 e. The summed E-state index contributed by atoms with van der Waals surface area (Å²) in [5, 5.41) is 3.09. The fourth-order valence-electron chi connectivity index (χ4n) is 2.66. The first-order chi connectivity index (χ1) is 9.97. The Morgan fingerprint density at radius 3 is 2.29 bits per heavy atom. The van der Waals surface area contributed by atoms with Crippen LogP contribution in [0.15, 0.2) is 0 Å². The lowest BCUT2D eigenvalue weighted by Gasteiger charge is -2.28. The van der Waals surface area contributed by atoms with Crippen LogP contribution in [0.25, 0.3) is 0 Å². The van der Waals surface area contributed by atoms with Crippen LogP contribution in [-0.4, -0.2) is 50.2 Å². The van der Waals surface area contributed by atoms with Gasteiger partial charge in [-0.1, -0.05) is 33.6 Å². The number of nitrogens with zero attached hydrogens (tertiary/aromatic N) is 1. The molecular weight excluding hydrogens is 264 g/mol. The van der Waals surface area contributed by atoms with Gasteiger partial charge in [-0.05, 0) is 52.2 Å². The molecule has 0 heterocycles. The zero-order chi connectivity index (χ0) is 16.3. The second-order valence-corrected chi connectivity index (χ2v) is 6.11. The number of nitrogens with one attached hydrogen (secondary N) is 1. The summed E-state index contributed by atoms with van der Waals surface area (Å²) < 4.78 is 4.88. The molecule has 0 aromatic carbocycles. The quantitative estimate of drug-likeness (QED) is 0.444. The van der Waals surface area contributed by atoms with Crippen molar-refractivity contribution in [3.63, 3.8) is 0 Å². The molecule has 0 radical (unpaired) electrons. The Hall–Kier alpha value is -0.610. The summed E-state index contributed by atoms with van der Waals surface area (Å²) in [5.41, 5.74) is -0.554. The molecule has 0 rings (SSSR count). The van der Waals surface area contributed by atoms with Crippen molar-refractivity contribution < 1.29 is 9.53 Å². The molecule has 0 fully saturated rings. The predicted octanol–water partition coefficient (Wildman–Crippen LogP) is 3.07. The van der Waals surface area contributed by atoms with Crippen LogP contribution < -0.4 is 5.32 Å². The zero-order valence-electron chi connectivity index (χ0n) is 15.0. The first kappa shape index (κ1) is 20.4. The molecule has 0 aromatic heterocycles. The van der Waals surface area contributed by atoms with Crippen molar-refractivity contribution in [1.82, 2.24) is 10.2 Å². The van der Waals surface area contributed by atoms with Gasteiger partial charge < -0.3 is 15.0 Å². The summed E-state index contributed by atoms with van der Waals surface area (Å²) >= 11 is 0. The van der Waals surface area contributed by atoms with Gasteiger partial charge in [0.15, 0.2) is 0 Å². The van der Waals surface area contributed by atoms with E-state index in [1.165, 1.54) is 26.5 Å². The number of likely N-dealkylation sites (N-methyl/N-ethyl adjacent to an activating group) is 1. The molecule has 126 valence electrons. The maximum atomic E-state index is 11.8. The molecule has 4 heteroatoms. The molecule has 0 aliphatic rings. The minimum absolute atomic E-state index is 0.172. The molecule has 1 atom stereocenters. The van der Waals surface area contributed by atoms with Gasteiger partial charge in [0.05, 0.1) is 7.11 Å². The number of esters is 1. The molecule has 1 unspecified atom stereocenters. The highest BCUT2D eigenvalue weighted by molar-refractivity contribution is 5.80. The van der Waals surface area contributed by atoms with Gasteiger partial charge in [-0.2, -0.15) is 0 Å². The summed E-state index contributed by atoms with van der Waals surface area (Å²) in [5.74, 6) is 0.636. The Morgan fingerprint density at radius 2 is 1.86 bits per heavy atom. The van der Waals surface area contributed by atoms with Gasteiger partial charge >= 0.3 is 5.97 Å². The predicted molar refractivity (Wildman–Crippen MR) is 89.5 cm³/mol. The lowest BCUT2D eigenvalue weighted by molar-refractivity contribution is -0.148. The Balaban J connectivity index is 4.13. The Bertz CT molecular complexity index is 280. The lowest BCUT2D eigenvalue weighted by Crippen LogP contribution is -2.48. The fourth-order valence-corrected chi connectivity index (χ4v) is 2.66. The van der Waals surface area contributed by atoms with Gasteiger partial charge in [-0.3, -0.25) is 4.79 Å². The minimum atomic E-state index is -0.554. The van der Waals surface area contributed by atoms with Crippen LogP contribution in [0.4, 0.5) is 0 Å². The molecular formula is C17H36N2O2. The average molecular weight is 300 g/mol. The summed E-state index contributed by atoms with van der Waals surface area (Å²) in [6, 6.07) is 0. The van der Waals surface area contributed by atoms with Crippen molar-refractivity contribution in [3.8, 4) is 0 Å². The maximum Gasteiger partial charge on any atom is 0.325 e. The Labute approximate surface area is 131 Å². The number of ether oxygens (including phenoxy) is 1. The zero-order valence-corrected chi connectivity index (χ0v) is 15.0. The highest BCUT2D eigenvalue weighted by atomic mass is 16.5. The molecule has 0 aliphatic carbocycles. The van der Waals surface area contributed by atoms with E-state index in [0.29, 0.717) is 0 Å². The Morgan fingerprint density at radius 1 is 1.24 bits per heavy atom. The van der Waals surface area contributed by atoms with Crippen LogP contribution in [0.2, 0.25) is 0 Å². The highest BCUT2D eigenvalue weighted by Crippen LogP contribution is 2.16. The van der Waals surface area contributed by atoms with E-state index in [1.54, 1.807) is 0 Å². The first-order valence-corrected chi connectivity index (χ1v) is 8.46. The molecule has 0 spiro atoms. The lowest BCUT2D eigenvalue weighted by atomic mass is 9.95. The molecule has 0 aliphatic heterocycles. The van der Waals surface area contributed by atoms with Crippen LogP contribution in [0.3, 0.4) is 0 Å². The van der Waals surface area contributed by atoms with Crippen molar-refractivity contribution in [2.24, 2.45) is 5.92 Å². The number of unbranched alkanes of at least 4 members (excludes halogenated alkanes) is 1. The fraction of sp³-hybridized carbons (Fsp3) is 0.941. The van der Waals surface area contributed by atoms with Crippen molar-refractivity contribution in [2.75, 3.05) is 33.8 Å². The van der Waals surface area contributed by atoms with E-state index in [1.807, 2.05) is 14.0 Å². The first-order valence-electron chi connectivity index (χ1n) is 8.46. The SMILES string of the molecule is CCC(CC)CN(CC)CCCCC(C)(NC)C(=O)OC. The van der Waals surface area contributed by atoms with E-state index in [9.17, 15) is 4.79 Å². The summed E-state index contributed by atoms with van der Waals surface area (Å²) in [6.45, 7) is 12.1. The second-order valence-electron chi connectivity index (χ2n) is 6.11. The molecule has 0 saturated heterocycles. The average Bonchev–Trinajstić information content (AvgIpc) is 2.53. The third-order valence-electron chi connectivity index (χ3n) is 4.71. The standard InChI is InChI=1S/C17H36N2O2/c1-7-15(8-2)14-19(9-3)13-11-10-12-17(4,18-5)16(20)21-6/h15,18H,7-14H2,1-6H3. The van der Waals surface area contributed by atoms with Crippen molar-refractivity contribution >= 4 is 5.97 Å². The van der Waals surface area contributed by atoms with Crippen LogP contribution in [0.5, 0.6) is 0 Å². The maximum absolute atomic E-state index is 11.8. The van der Waals surface area contributed by atoms with Gasteiger partial charge in [0.1, 0.15) is 5.54 Å². The molecule has 0 bridgehead atoms. The third kappa shape index (κ3) is 7.28. The van der Waals surface area contributed by atoms with E-state index in [4.69, 9.17) is 4.74 Å². The number of rotatable bonds is 12. The van der Waals surface area contributed by atoms with E-state index in [-0.39, 0.29) is 5.97 Å².